The maximum absolute atomic E-state index is 4.94. The van der Waals surface area contributed by atoms with Crippen molar-refractivity contribution in [2.75, 3.05) is 0 Å². The van der Waals surface area contributed by atoms with Crippen molar-refractivity contribution in [3.8, 4) is 0 Å². The van der Waals surface area contributed by atoms with Crippen LogP contribution in [0.2, 0.25) is 0 Å². The molecule has 0 N–H and O–H groups in total. The molecule has 1 heterocycles. The molecule has 0 unspecified atom stereocenters. The molecule has 0 fully saturated rings. The Balaban J connectivity index is 0.000000461. The average Bonchev–Trinajstić information content (AvgIpc) is 2.37. The summed E-state index contributed by atoms with van der Waals surface area (Å²) in [6, 6.07) is 0. The van der Waals surface area contributed by atoms with Crippen molar-refractivity contribution >= 4 is 0 Å². The van der Waals surface area contributed by atoms with Gasteiger partial charge in [0, 0.05) is 5.56 Å². The molecule has 64 valence electrons. The molecule has 1 aromatic rings. The van der Waals surface area contributed by atoms with Gasteiger partial charge in [0.15, 0.2) is 0 Å². The van der Waals surface area contributed by atoms with E-state index in [9.17, 15) is 0 Å². The first-order chi connectivity index (χ1) is 5.25. The minimum absolute atomic E-state index is 0.937. The molecule has 11 heavy (non-hydrogen) atoms. The van der Waals surface area contributed by atoms with Crippen molar-refractivity contribution in [3.05, 3.63) is 17.0 Å². The minimum Gasteiger partial charge on any atom is -0.361 e. The van der Waals surface area contributed by atoms with Gasteiger partial charge in [-0.3, -0.25) is 0 Å². The highest BCUT2D eigenvalue weighted by Crippen LogP contribution is 2.10. The van der Waals surface area contributed by atoms with Crippen LogP contribution in [-0.4, -0.2) is 5.16 Å². The van der Waals surface area contributed by atoms with Crippen LogP contribution >= 0.6 is 0 Å². The third-order valence-electron chi connectivity index (χ3n) is 1.59. The van der Waals surface area contributed by atoms with E-state index in [0.29, 0.717) is 0 Å². The molecule has 0 atom stereocenters. The Hall–Kier alpha value is -0.790. The van der Waals surface area contributed by atoms with Crippen LogP contribution in [0.25, 0.3) is 0 Å². The Labute approximate surface area is 68.6 Å². The average molecular weight is 155 g/mol. The van der Waals surface area contributed by atoms with Crippen molar-refractivity contribution in [1.82, 2.24) is 5.16 Å². The number of nitrogens with zero attached hydrogens (tertiary/aromatic N) is 1. The summed E-state index contributed by atoms with van der Waals surface area (Å²) < 4.78 is 4.94. The van der Waals surface area contributed by atoms with E-state index >= 15 is 0 Å². The molecule has 2 nitrogen and oxygen atoms in total. The second kappa shape index (κ2) is 4.94. The van der Waals surface area contributed by atoms with Crippen molar-refractivity contribution in [3.63, 3.8) is 0 Å². The first-order valence-electron chi connectivity index (χ1n) is 4.17. The van der Waals surface area contributed by atoms with Crippen LogP contribution in [0.1, 0.15) is 37.8 Å². The van der Waals surface area contributed by atoms with Gasteiger partial charge in [-0.05, 0) is 20.3 Å². The van der Waals surface area contributed by atoms with Gasteiger partial charge < -0.3 is 4.52 Å². The van der Waals surface area contributed by atoms with Gasteiger partial charge in [-0.2, -0.15) is 0 Å². The first-order valence-corrected chi connectivity index (χ1v) is 4.17. The lowest BCUT2D eigenvalue weighted by atomic mass is 10.2. The summed E-state index contributed by atoms with van der Waals surface area (Å²) in [5.41, 5.74) is 2.27. The third kappa shape index (κ3) is 2.37. The highest BCUT2D eigenvalue weighted by molar-refractivity contribution is 5.19. The third-order valence-corrected chi connectivity index (χ3v) is 1.59. The lowest BCUT2D eigenvalue weighted by Gasteiger charge is -1.85. The molecule has 0 aromatic carbocycles. The van der Waals surface area contributed by atoms with E-state index < -0.39 is 0 Å². The maximum atomic E-state index is 4.94. The van der Waals surface area contributed by atoms with E-state index in [-0.39, 0.29) is 0 Å². The van der Waals surface area contributed by atoms with Gasteiger partial charge in [-0.1, -0.05) is 25.9 Å². The topological polar surface area (TPSA) is 26.0 Å². The van der Waals surface area contributed by atoms with E-state index in [4.69, 9.17) is 4.52 Å². The first kappa shape index (κ1) is 10.2. The number of rotatable bonds is 1. The Bertz CT molecular complexity index is 203. The Morgan fingerprint density at radius 1 is 1.27 bits per heavy atom. The highest BCUT2D eigenvalue weighted by Gasteiger charge is 2.03. The Kier molecular flexibility index (Phi) is 4.59. The largest absolute Gasteiger partial charge is 0.361 e. The molecule has 0 saturated heterocycles. The van der Waals surface area contributed by atoms with Crippen LogP contribution in [0.15, 0.2) is 4.52 Å². The fraction of sp³-hybridized carbons (Fsp3) is 0.667. The van der Waals surface area contributed by atoms with Crippen LogP contribution in [0.3, 0.4) is 0 Å². The van der Waals surface area contributed by atoms with Gasteiger partial charge in [-0.25, -0.2) is 0 Å². The fourth-order valence-electron chi connectivity index (χ4n) is 0.793. The molecule has 0 spiro atoms. The standard InChI is InChI=1S/C7H11NO.C2H6/c1-4-7-5(2)6(3)9-8-7;1-2/h4H2,1-3H3;1-2H3. The molecule has 1 rings (SSSR count). The van der Waals surface area contributed by atoms with Gasteiger partial charge >= 0.3 is 0 Å². The summed E-state index contributed by atoms with van der Waals surface area (Å²) >= 11 is 0. The molecule has 0 amide bonds. The van der Waals surface area contributed by atoms with E-state index in [1.54, 1.807) is 0 Å². The molecular weight excluding hydrogens is 138 g/mol. The number of aromatic nitrogens is 1. The van der Waals surface area contributed by atoms with Gasteiger partial charge in [0.05, 0.1) is 5.69 Å². The molecule has 0 aliphatic carbocycles. The van der Waals surface area contributed by atoms with E-state index in [2.05, 4.69) is 12.1 Å². The number of hydrogen-bond donors (Lipinski definition) is 0. The van der Waals surface area contributed by atoms with Crippen LogP contribution in [0, 0.1) is 13.8 Å². The lowest BCUT2D eigenvalue weighted by molar-refractivity contribution is 0.390. The summed E-state index contributed by atoms with van der Waals surface area (Å²) in [5.74, 6) is 0.937. The van der Waals surface area contributed by atoms with Gasteiger partial charge in [0.1, 0.15) is 5.76 Å². The number of aryl methyl sites for hydroxylation is 2. The maximum Gasteiger partial charge on any atom is 0.136 e. The highest BCUT2D eigenvalue weighted by atomic mass is 16.5. The zero-order valence-corrected chi connectivity index (χ0v) is 8.06. The molecule has 0 saturated carbocycles. The van der Waals surface area contributed by atoms with Gasteiger partial charge in [-0.15, -0.1) is 0 Å². The van der Waals surface area contributed by atoms with Crippen LogP contribution in [0.4, 0.5) is 0 Å². The quantitative estimate of drug-likeness (QED) is 0.623. The second-order valence-electron chi connectivity index (χ2n) is 2.16. The summed E-state index contributed by atoms with van der Waals surface area (Å²) in [4.78, 5) is 0. The van der Waals surface area contributed by atoms with E-state index in [1.807, 2.05) is 27.7 Å². The molecule has 1 aromatic heterocycles. The number of hydrogen-bond acceptors (Lipinski definition) is 2. The van der Waals surface area contributed by atoms with Gasteiger partial charge in [0.25, 0.3) is 0 Å². The SMILES string of the molecule is CC.CCc1noc(C)c1C. The molecular formula is C9H17NO. The second-order valence-corrected chi connectivity index (χ2v) is 2.16. The molecule has 0 aliphatic rings. The summed E-state index contributed by atoms with van der Waals surface area (Å²) in [7, 11) is 0. The molecule has 2 heteroatoms. The van der Waals surface area contributed by atoms with Crippen molar-refractivity contribution in [2.45, 2.75) is 41.0 Å². The summed E-state index contributed by atoms with van der Waals surface area (Å²) in [5, 5.41) is 3.86. The smallest absolute Gasteiger partial charge is 0.136 e. The monoisotopic (exact) mass is 155 g/mol. The summed E-state index contributed by atoms with van der Waals surface area (Å²) in [6.45, 7) is 10.0. The van der Waals surface area contributed by atoms with Crippen LogP contribution in [-0.2, 0) is 6.42 Å². The molecule has 0 aliphatic heterocycles. The van der Waals surface area contributed by atoms with Crippen molar-refractivity contribution < 1.29 is 4.52 Å². The van der Waals surface area contributed by atoms with Gasteiger partial charge in [0.2, 0.25) is 0 Å². The molecule has 0 bridgehead atoms. The van der Waals surface area contributed by atoms with Crippen molar-refractivity contribution in [2.24, 2.45) is 0 Å². The van der Waals surface area contributed by atoms with E-state index in [0.717, 1.165) is 17.9 Å². The summed E-state index contributed by atoms with van der Waals surface area (Å²) in [6.07, 6.45) is 0.961. The zero-order chi connectivity index (χ0) is 8.85. The Morgan fingerprint density at radius 3 is 2.00 bits per heavy atom. The molecule has 0 radical (unpaired) electrons. The van der Waals surface area contributed by atoms with E-state index in [1.165, 1.54) is 5.56 Å². The van der Waals surface area contributed by atoms with Crippen molar-refractivity contribution in [1.29, 1.82) is 0 Å². The fourth-order valence-corrected chi connectivity index (χ4v) is 0.793. The lowest BCUT2D eigenvalue weighted by Crippen LogP contribution is -1.81. The normalized spacial score (nSPS) is 8.82. The zero-order valence-electron chi connectivity index (χ0n) is 8.06. The predicted molar refractivity (Wildman–Crippen MR) is 46.7 cm³/mol. The minimum atomic E-state index is 0.937. The van der Waals surface area contributed by atoms with Crippen LogP contribution < -0.4 is 0 Å². The van der Waals surface area contributed by atoms with Crippen LogP contribution in [0.5, 0.6) is 0 Å². The Morgan fingerprint density at radius 2 is 1.82 bits per heavy atom. The predicted octanol–water partition coefficient (Wildman–Crippen LogP) is 2.88.